The fraction of sp³-hybridized carbons (Fsp3) is 0.787. The number of esters is 2. The van der Waals surface area contributed by atoms with Gasteiger partial charge in [0.1, 0.15) is 23.3 Å². The zero-order valence-corrected chi connectivity index (χ0v) is 42.2. The number of carbonyl (C=O) groups excluding carboxylic acids is 4. The van der Waals surface area contributed by atoms with Crippen LogP contribution in [0.5, 0.6) is 0 Å². The maximum atomic E-state index is 13.1. The first-order chi connectivity index (χ1) is 29.9. The number of hydrogen-bond acceptors (Lipinski definition) is 14. The number of methoxy groups -OCH3 is 2. The van der Waals surface area contributed by atoms with Crippen molar-refractivity contribution in [3.8, 4) is 0 Å². The van der Waals surface area contributed by atoms with Crippen LogP contribution in [0.3, 0.4) is 0 Å². The second-order valence-electron chi connectivity index (χ2n) is 21.9. The second kappa shape index (κ2) is 21.3. The molecule has 4 unspecified atom stereocenters. The number of amides is 2. The number of ether oxygens (including phenoxy) is 4. The molecule has 0 aliphatic carbocycles. The van der Waals surface area contributed by atoms with Crippen molar-refractivity contribution < 1.29 is 56.7 Å². The van der Waals surface area contributed by atoms with Crippen molar-refractivity contribution in [1.29, 1.82) is 0 Å². The Hall–Kier alpha value is -3.41. The molecule has 4 fully saturated rings. The van der Waals surface area contributed by atoms with Gasteiger partial charge in [0, 0.05) is 43.6 Å². The van der Waals surface area contributed by atoms with E-state index >= 15 is 0 Å². The zero-order chi connectivity index (χ0) is 48.9. The molecule has 6 atom stereocenters. The summed E-state index contributed by atoms with van der Waals surface area (Å²) in [5, 5.41) is 3.59. The normalized spacial score (nSPS) is 26.7. The first kappa shape index (κ1) is 54.2. The Morgan fingerprint density at radius 2 is 1.05 bits per heavy atom. The van der Waals surface area contributed by atoms with Crippen molar-refractivity contribution in [2.45, 2.75) is 200 Å². The molecule has 3 N–H and O–H groups in total. The van der Waals surface area contributed by atoms with Crippen molar-refractivity contribution in [3.05, 3.63) is 35.9 Å². The molecule has 18 heteroatoms. The number of hydrogen-bond donors (Lipinski definition) is 2. The quantitative estimate of drug-likeness (QED) is 0.117. The molecule has 4 aliphatic rings. The van der Waals surface area contributed by atoms with Crippen LogP contribution < -0.4 is 11.1 Å². The number of nitrogens with two attached hydrogens (primary N) is 1. The molecule has 4 aliphatic heterocycles. The lowest BCUT2D eigenvalue weighted by Crippen LogP contribution is -2.46. The average molecular weight is 915 g/mol. The standard InChI is InChI=1S/C27H43BN2O6.C20H37BN2O6/c1-25(2,3)34-24(32)30-18-21(29-17-19-13-10-9-11-14-19)20(22(30)23(31)33-8)15-12-16-28-35-26(4,5)27(6,7)36-28;1-18(2,3)27-17(25)23-12-14(22)13(15(23)16(24)26-8)10-9-11-21-28-19(4,5)20(6,7)29-21/h9-11,13-14,20-22,29H,12,15-18H2,1-8H3;13-15H,9-12,22H2,1-8H3/t20?,21?,22-;13?,14?,15-/m00/s1. The van der Waals surface area contributed by atoms with Crippen LogP contribution in [0.25, 0.3) is 0 Å². The highest BCUT2D eigenvalue weighted by atomic mass is 16.7. The summed E-state index contributed by atoms with van der Waals surface area (Å²) in [7, 11) is 2.09. The number of rotatable bonds is 13. The lowest BCUT2D eigenvalue weighted by Gasteiger charge is -2.32. The minimum atomic E-state index is -0.747. The summed E-state index contributed by atoms with van der Waals surface area (Å²) in [6.45, 7) is 28.3. The third-order valence-corrected chi connectivity index (χ3v) is 13.5. The van der Waals surface area contributed by atoms with Gasteiger partial charge in [-0.3, -0.25) is 9.80 Å². The topological polar surface area (TPSA) is 187 Å². The molecular weight excluding hydrogens is 834 g/mol. The molecule has 0 bridgehead atoms. The van der Waals surface area contributed by atoms with Crippen LogP contribution in [-0.2, 0) is 53.7 Å². The van der Waals surface area contributed by atoms with Crippen molar-refractivity contribution in [3.63, 3.8) is 0 Å². The molecule has 4 saturated heterocycles. The van der Waals surface area contributed by atoms with Crippen LogP contribution in [0.4, 0.5) is 9.59 Å². The monoisotopic (exact) mass is 915 g/mol. The van der Waals surface area contributed by atoms with Crippen molar-refractivity contribution >= 4 is 38.4 Å². The van der Waals surface area contributed by atoms with E-state index in [-0.39, 0.29) is 67.1 Å². The van der Waals surface area contributed by atoms with Gasteiger partial charge < -0.3 is 48.6 Å². The number of nitrogens with one attached hydrogen (secondary N) is 1. The fourth-order valence-corrected chi connectivity index (χ4v) is 8.71. The van der Waals surface area contributed by atoms with E-state index in [1.54, 1.807) is 20.8 Å². The van der Waals surface area contributed by atoms with E-state index in [1.165, 1.54) is 24.0 Å². The Morgan fingerprint density at radius 1 is 0.662 bits per heavy atom. The first-order valence-electron chi connectivity index (χ1n) is 23.3. The zero-order valence-electron chi connectivity index (χ0n) is 42.2. The van der Waals surface area contributed by atoms with Crippen LogP contribution in [0.15, 0.2) is 30.3 Å². The summed E-state index contributed by atoms with van der Waals surface area (Å²) < 4.78 is 45.6. The highest BCUT2D eigenvalue weighted by molar-refractivity contribution is 6.45. The maximum Gasteiger partial charge on any atom is 0.457 e. The highest BCUT2D eigenvalue weighted by Gasteiger charge is 2.54. The van der Waals surface area contributed by atoms with Crippen LogP contribution in [0.1, 0.15) is 128 Å². The fourth-order valence-electron chi connectivity index (χ4n) is 8.71. The van der Waals surface area contributed by atoms with Gasteiger partial charge in [0.15, 0.2) is 0 Å². The Bertz CT molecular complexity index is 1740. The summed E-state index contributed by atoms with van der Waals surface area (Å²) in [5.74, 6) is -1.25. The van der Waals surface area contributed by atoms with Crippen LogP contribution in [0.2, 0.25) is 12.6 Å². The summed E-state index contributed by atoms with van der Waals surface area (Å²) in [5.41, 5.74) is 4.62. The van der Waals surface area contributed by atoms with Gasteiger partial charge in [-0.1, -0.05) is 43.2 Å². The maximum absolute atomic E-state index is 13.1. The molecular formula is C47H80B2N4O12. The van der Waals surface area contributed by atoms with Gasteiger partial charge in [-0.05, 0) is 128 Å². The first-order valence-corrected chi connectivity index (χ1v) is 23.3. The molecule has 0 radical (unpaired) electrons. The molecule has 0 aromatic heterocycles. The van der Waals surface area contributed by atoms with Crippen LogP contribution in [-0.4, -0.2) is 133 Å². The second-order valence-corrected chi connectivity index (χ2v) is 21.9. The number of nitrogens with zero attached hydrogens (tertiary/aromatic N) is 2. The Morgan fingerprint density at radius 3 is 1.45 bits per heavy atom. The largest absolute Gasteiger partial charge is 0.467 e. The van der Waals surface area contributed by atoms with E-state index < -0.39 is 47.4 Å². The van der Waals surface area contributed by atoms with Gasteiger partial charge in [-0.2, -0.15) is 0 Å². The SMILES string of the molecule is COC(=O)[C@@H]1C(CCCB2OC(C)(C)C(C)(C)O2)C(N)CN1C(=O)OC(C)(C)C.COC(=O)[C@@H]1C(CCCB2OC(C)(C)C(C)(C)O2)C(NCc2ccccc2)CN1C(=O)OC(C)(C)C. The molecule has 366 valence electrons. The molecule has 65 heavy (non-hydrogen) atoms. The number of carbonyl (C=O) groups is 4. The predicted molar refractivity (Wildman–Crippen MR) is 250 cm³/mol. The predicted octanol–water partition coefficient (Wildman–Crippen LogP) is 7.02. The van der Waals surface area contributed by atoms with Crippen molar-refractivity contribution in [1.82, 2.24) is 15.1 Å². The minimum Gasteiger partial charge on any atom is -0.467 e. The van der Waals surface area contributed by atoms with Crippen LogP contribution in [0, 0.1) is 11.8 Å². The molecule has 16 nitrogen and oxygen atoms in total. The van der Waals surface area contributed by atoms with Crippen LogP contribution >= 0.6 is 0 Å². The minimum absolute atomic E-state index is 0.0971. The lowest BCUT2D eigenvalue weighted by molar-refractivity contribution is -0.147. The number of likely N-dealkylation sites (tertiary alicyclic amines) is 2. The highest BCUT2D eigenvalue weighted by Crippen LogP contribution is 2.41. The molecule has 0 spiro atoms. The summed E-state index contributed by atoms with van der Waals surface area (Å²) >= 11 is 0. The molecule has 1 aromatic carbocycles. The van der Waals surface area contributed by atoms with E-state index in [2.05, 4.69) is 17.4 Å². The van der Waals surface area contributed by atoms with Gasteiger partial charge in [0.25, 0.3) is 0 Å². The Labute approximate surface area is 389 Å². The number of benzene rings is 1. The average Bonchev–Trinajstić information content (AvgIpc) is 3.84. The summed E-state index contributed by atoms with van der Waals surface area (Å²) in [6, 6.07) is 8.19. The third kappa shape index (κ3) is 14.1. The summed E-state index contributed by atoms with van der Waals surface area (Å²) in [4.78, 5) is 54.1. The molecule has 2 amide bonds. The Kier molecular flexibility index (Phi) is 17.7. The lowest BCUT2D eigenvalue weighted by atomic mass is 9.79. The van der Waals surface area contributed by atoms with E-state index in [0.29, 0.717) is 38.6 Å². The van der Waals surface area contributed by atoms with Gasteiger partial charge in [-0.25, -0.2) is 19.2 Å². The molecule has 1 aromatic rings. The van der Waals surface area contributed by atoms with Crippen molar-refractivity contribution in [2.24, 2.45) is 17.6 Å². The van der Waals surface area contributed by atoms with E-state index in [9.17, 15) is 19.2 Å². The smallest absolute Gasteiger partial charge is 0.457 e. The van der Waals surface area contributed by atoms with Gasteiger partial charge in [0.05, 0.1) is 36.6 Å². The third-order valence-electron chi connectivity index (χ3n) is 13.5. The van der Waals surface area contributed by atoms with E-state index in [0.717, 1.165) is 18.4 Å². The van der Waals surface area contributed by atoms with E-state index in [1.807, 2.05) is 94.4 Å². The molecule has 5 rings (SSSR count). The molecule has 4 heterocycles. The van der Waals surface area contributed by atoms with E-state index in [4.69, 9.17) is 43.3 Å². The molecule has 0 saturated carbocycles. The van der Waals surface area contributed by atoms with Crippen molar-refractivity contribution in [2.75, 3.05) is 27.3 Å². The van der Waals surface area contributed by atoms with Gasteiger partial charge >= 0.3 is 38.4 Å². The van der Waals surface area contributed by atoms with Gasteiger partial charge in [0.2, 0.25) is 0 Å². The Balaban J connectivity index is 0.000000292. The summed E-state index contributed by atoms with van der Waals surface area (Å²) in [6.07, 6.45) is 3.24. The van der Waals surface area contributed by atoms with Gasteiger partial charge in [-0.15, -0.1) is 0 Å².